The molecule has 3 rings (SSSR count). The van der Waals surface area contributed by atoms with E-state index in [-0.39, 0.29) is 5.75 Å². The first-order chi connectivity index (χ1) is 12.2. The summed E-state index contributed by atoms with van der Waals surface area (Å²) in [5.74, 6) is 1.45. The maximum Gasteiger partial charge on any atom is 0.166 e. The van der Waals surface area contributed by atoms with Gasteiger partial charge in [-0.05, 0) is 24.3 Å². The maximum atomic E-state index is 10.1. The molecule has 0 aromatic heterocycles. The Morgan fingerprint density at radius 3 is 2.32 bits per heavy atom. The average molecular weight is 341 g/mol. The van der Waals surface area contributed by atoms with Gasteiger partial charge in [0.05, 0.1) is 39.2 Å². The van der Waals surface area contributed by atoms with Gasteiger partial charge in [0.25, 0.3) is 0 Å². The molecule has 0 unspecified atom stereocenters. The number of rotatable bonds is 5. The Kier molecular flexibility index (Phi) is 5.28. The van der Waals surface area contributed by atoms with Gasteiger partial charge in [-0.1, -0.05) is 18.2 Å². The first kappa shape index (κ1) is 17.0. The minimum Gasteiger partial charge on any atom is -0.504 e. The van der Waals surface area contributed by atoms with Crippen LogP contribution in [0.3, 0.4) is 0 Å². The number of phenols is 1. The molecule has 0 spiro atoms. The molecule has 1 aliphatic rings. The van der Waals surface area contributed by atoms with Gasteiger partial charge in [-0.15, -0.1) is 0 Å². The van der Waals surface area contributed by atoms with E-state index in [4.69, 9.17) is 9.47 Å². The average Bonchev–Trinajstić information content (AvgIpc) is 2.67. The predicted octanol–water partition coefficient (Wildman–Crippen LogP) is 2.57. The lowest BCUT2D eigenvalue weighted by atomic mass is 10.2. The number of methoxy groups -OCH3 is 2. The molecule has 0 radical (unpaired) electrons. The molecule has 1 N–H and O–H groups in total. The third kappa shape index (κ3) is 3.79. The summed E-state index contributed by atoms with van der Waals surface area (Å²) in [5, 5.41) is 16.6. The van der Waals surface area contributed by atoms with E-state index < -0.39 is 0 Å². The van der Waals surface area contributed by atoms with Gasteiger partial charge in [0, 0.05) is 18.7 Å². The number of phenolic OH excluding ortho intramolecular Hbond substituents is 1. The number of hydrogen-bond acceptors (Lipinski definition) is 6. The second-order valence-corrected chi connectivity index (χ2v) is 5.76. The molecule has 0 atom stereocenters. The van der Waals surface area contributed by atoms with Crippen molar-refractivity contribution in [1.29, 1.82) is 0 Å². The maximum absolute atomic E-state index is 10.1. The minimum atomic E-state index is 0.112. The van der Waals surface area contributed by atoms with Crippen molar-refractivity contribution in [2.45, 2.75) is 0 Å². The third-order valence-corrected chi connectivity index (χ3v) is 4.29. The van der Waals surface area contributed by atoms with Crippen molar-refractivity contribution in [3.63, 3.8) is 0 Å². The number of benzene rings is 2. The standard InChI is InChI=1S/C19H23N3O3/c1-24-17-8-4-3-7-16(17)21-10-12-22(13-11-21)20-14-15-6-5-9-18(25-2)19(15)23/h3-9,14,23H,10-13H2,1-2H3/b20-14-. The van der Waals surface area contributed by atoms with Gasteiger partial charge >= 0.3 is 0 Å². The van der Waals surface area contributed by atoms with Crippen molar-refractivity contribution in [3.8, 4) is 17.2 Å². The molecule has 0 amide bonds. The molecule has 0 aliphatic carbocycles. The van der Waals surface area contributed by atoms with Gasteiger partial charge in [-0.25, -0.2) is 0 Å². The quantitative estimate of drug-likeness (QED) is 0.847. The molecule has 25 heavy (non-hydrogen) atoms. The summed E-state index contributed by atoms with van der Waals surface area (Å²) in [4.78, 5) is 2.30. The number of ether oxygens (including phenoxy) is 2. The lowest BCUT2D eigenvalue weighted by molar-refractivity contribution is 0.271. The van der Waals surface area contributed by atoms with Crippen LogP contribution in [0.25, 0.3) is 0 Å². The van der Waals surface area contributed by atoms with Crippen molar-refractivity contribution in [2.75, 3.05) is 45.3 Å². The first-order valence-electron chi connectivity index (χ1n) is 8.26. The van der Waals surface area contributed by atoms with E-state index in [2.05, 4.69) is 16.1 Å². The summed E-state index contributed by atoms with van der Waals surface area (Å²) in [7, 11) is 3.23. The Balaban J connectivity index is 1.63. The van der Waals surface area contributed by atoms with Crippen LogP contribution in [0.15, 0.2) is 47.6 Å². The number of hydrogen-bond donors (Lipinski definition) is 1. The van der Waals surface area contributed by atoms with E-state index in [1.54, 1.807) is 19.4 Å². The molecule has 1 saturated heterocycles. The molecule has 6 heteroatoms. The fourth-order valence-electron chi connectivity index (χ4n) is 2.90. The molecule has 6 nitrogen and oxygen atoms in total. The van der Waals surface area contributed by atoms with E-state index in [0.29, 0.717) is 11.3 Å². The largest absolute Gasteiger partial charge is 0.504 e. The third-order valence-electron chi connectivity index (χ3n) is 4.29. The number of piperazine rings is 1. The zero-order chi connectivity index (χ0) is 17.6. The number of anilines is 1. The van der Waals surface area contributed by atoms with Crippen molar-refractivity contribution in [3.05, 3.63) is 48.0 Å². The van der Waals surface area contributed by atoms with Crippen LogP contribution in [0.1, 0.15) is 5.56 Å². The van der Waals surface area contributed by atoms with E-state index in [9.17, 15) is 5.11 Å². The van der Waals surface area contributed by atoms with Crippen molar-refractivity contribution in [1.82, 2.24) is 5.01 Å². The Morgan fingerprint density at radius 1 is 0.920 bits per heavy atom. The highest BCUT2D eigenvalue weighted by Gasteiger charge is 2.18. The normalized spacial score (nSPS) is 14.8. The molecule has 1 aliphatic heterocycles. The molecule has 0 bridgehead atoms. The van der Waals surface area contributed by atoms with E-state index in [0.717, 1.165) is 37.6 Å². The molecule has 132 valence electrons. The van der Waals surface area contributed by atoms with Gasteiger partial charge in [0.15, 0.2) is 11.5 Å². The smallest absolute Gasteiger partial charge is 0.166 e. The van der Waals surface area contributed by atoms with E-state index >= 15 is 0 Å². The van der Waals surface area contributed by atoms with Crippen LogP contribution >= 0.6 is 0 Å². The summed E-state index contributed by atoms with van der Waals surface area (Å²) in [6, 6.07) is 13.4. The van der Waals surface area contributed by atoms with Gasteiger partial charge < -0.3 is 19.5 Å². The topological polar surface area (TPSA) is 57.5 Å². The van der Waals surface area contributed by atoms with Crippen LogP contribution < -0.4 is 14.4 Å². The number of hydrazone groups is 1. The zero-order valence-corrected chi connectivity index (χ0v) is 14.6. The van der Waals surface area contributed by atoms with Gasteiger partial charge in [0.2, 0.25) is 0 Å². The lowest BCUT2D eigenvalue weighted by Gasteiger charge is -2.35. The lowest BCUT2D eigenvalue weighted by Crippen LogP contribution is -2.44. The fraction of sp³-hybridized carbons (Fsp3) is 0.316. The molecule has 0 saturated carbocycles. The summed E-state index contributed by atoms with van der Waals surface area (Å²) >= 11 is 0. The van der Waals surface area contributed by atoms with Crippen LogP contribution in [0.5, 0.6) is 17.2 Å². The summed E-state index contributed by atoms with van der Waals surface area (Å²) < 4.78 is 10.6. The Hall–Kier alpha value is -2.89. The SMILES string of the molecule is COc1ccccc1N1CCN(/N=C\c2cccc(OC)c2O)CC1. The van der Waals surface area contributed by atoms with Crippen LogP contribution in [0, 0.1) is 0 Å². The van der Waals surface area contributed by atoms with Crippen LogP contribution in [0.4, 0.5) is 5.69 Å². The molecule has 1 fully saturated rings. The second-order valence-electron chi connectivity index (χ2n) is 5.76. The molecule has 2 aromatic carbocycles. The van der Waals surface area contributed by atoms with Crippen molar-refractivity contribution < 1.29 is 14.6 Å². The van der Waals surface area contributed by atoms with E-state index in [1.165, 1.54) is 7.11 Å². The number of para-hydroxylation sites is 3. The van der Waals surface area contributed by atoms with Crippen molar-refractivity contribution >= 4 is 11.9 Å². The van der Waals surface area contributed by atoms with Crippen LogP contribution in [-0.2, 0) is 0 Å². The summed E-state index contributed by atoms with van der Waals surface area (Å²) in [6.45, 7) is 3.34. The number of aromatic hydroxyl groups is 1. The highest BCUT2D eigenvalue weighted by molar-refractivity contribution is 5.84. The van der Waals surface area contributed by atoms with Gasteiger partial charge in [-0.2, -0.15) is 5.10 Å². The Morgan fingerprint density at radius 2 is 1.60 bits per heavy atom. The van der Waals surface area contributed by atoms with Crippen LogP contribution in [0.2, 0.25) is 0 Å². The second kappa shape index (κ2) is 7.79. The highest BCUT2D eigenvalue weighted by Crippen LogP contribution is 2.29. The minimum absolute atomic E-state index is 0.112. The van der Waals surface area contributed by atoms with E-state index in [1.807, 2.05) is 35.3 Å². The zero-order valence-electron chi connectivity index (χ0n) is 14.6. The van der Waals surface area contributed by atoms with Gasteiger partial charge in [-0.3, -0.25) is 5.01 Å². The summed E-state index contributed by atoms with van der Waals surface area (Å²) in [5.41, 5.74) is 1.76. The molecule has 2 aromatic rings. The first-order valence-corrected chi connectivity index (χ1v) is 8.26. The van der Waals surface area contributed by atoms with Crippen molar-refractivity contribution in [2.24, 2.45) is 5.10 Å². The molecular weight excluding hydrogens is 318 g/mol. The monoisotopic (exact) mass is 341 g/mol. The Labute approximate surface area is 147 Å². The predicted molar refractivity (Wildman–Crippen MR) is 99.0 cm³/mol. The number of nitrogens with zero attached hydrogens (tertiary/aromatic N) is 3. The molecular formula is C19H23N3O3. The fourth-order valence-corrected chi connectivity index (χ4v) is 2.90. The molecule has 1 heterocycles. The highest BCUT2D eigenvalue weighted by atomic mass is 16.5. The Bertz CT molecular complexity index is 740. The summed E-state index contributed by atoms with van der Waals surface area (Å²) in [6.07, 6.45) is 1.68. The van der Waals surface area contributed by atoms with Crippen LogP contribution in [-0.4, -0.2) is 56.7 Å². The van der Waals surface area contributed by atoms with Gasteiger partial charge in [0.1, 0.15) is 5.75 Å².